The maximum atomic E-state index is 5.95. The molecule has 0 fully saturated rings. The molecule has 21 heavy (non-hydrogen) atoms. The Morgan fingerprint density at radius 2 is 2.05 bits per heavy atom. The van der Waals surface area contributed by atoms with Crippen LogP contribution in [0.2, 0.25) is 0 Å². The summed E-state index contributed by atoms with van der Waals surface area (Å²) in [7, 11) is 0. The van der Waals surface area contributed by atoms with Crippen LogP contribution in [0.4, 0.5) is 0 Å². The Morgan fingerprint density at radius 3 is 2.67 bits per heavy atom. The predicted octanol–water partition coefficient (Wildman–Crippen LogP) is 3.91. The number of hydrogen-bond acceptors (Lipinski definition) is 4. The Hall–Kier alpha value is -1.39. The van der Waals surface area contributed by atoms with Crippen LogP contribution in [0.25, 0.3) is 0 Å². The SMILES string of the molecule is CCc1nc(CCOc2ccccc2C(C)C)sc1CN. The van der Waals surface area contributed by atoms with E-state index in [2.05, 4.69) is 37.9 Å². The summed E-state index contributed by atoms with van der Waals surface area (Å²) in [5.41, 5.74) is 8.15. The standard InChI is InChI=1S/C17H24N2OS/c1-4-14-16(11-18)21-17(19-14)9-10-20-15-8-6-5-7-13(15)12(2)3/h5-8,12H,4,9-11,18H2,1-3H3. The first-order valence-electron chi connectivity index (χ1n) is 7.55. The summed E-state index contributed by atoms with van der Waals surface area (Å²) in [6, 6.07) is 8.25. The highest BCUT2D eigenvalue weighted by Gasteiger charge is 2.10. The van der Waals surface area contributed by atoms with Crippen LogP contribution in [0, 0.1) is 0 Å². The van der Waals surface area contributed by atoms with Gasteiger partial charge in [0.2, 0.25) is 0 Å². The molecule has 1 heterocycles. The summed E-state index contributed by atoms with van der Waals surface area (Å²) in [6.07, 6.45) is 1.78. The molecule has 0 aliphatic carbocycles. The van der Waals surface area contributed by atoms with Crippen molar-refractivity contribution in [3.05, 3.63) is 45.4 Å². The lowest BCUT2D eigenvalue weighted by molar-refractivity contribution is 0.317. The van der Waals surface area contributed by atoms with Crippen molar-refractivity contribution in [2.24, 2.45) is 5.73 Å². The first kappa shape index (κ1) is 16.0. The van der Waals surface area contributed by atoms with E-state index in [0.717, 1.165) is 29.3 Å². The number of aromatic nitrogens is 1. The van der Waals surface area contributed by atoms with Crippen molar-refractivity contribution in [3.8, 4) is 5.75 Å². The van der Waals surface area contributed by atoms with Gasteiger partial charge in [0.05, 0.1) is 17.3 Å². The summed E-state index contributed by atoms with van der Waals surface area (Å²) in [5.74, 6) is 1.45. The number of hydrogen-bond donors (Lipinski definition) is 1. The minimum atomic E-state index is 0.469. The molecule has 0 bridgehead atoms. The molecule has 1 aromatic carbocycles. The van der Waals surface area contributed by atoms with Crippen LogP contribution in [-0.4, -0.2) is 11.6 Å². The van der Waals surface area contributed by atoms with Crippen LogP contribution in [0.5, 0.6) is 5.75 Å². The number of ether oxygens (including phenoxy) is 1. The molecule has 0 unspecified atom stereocenters. The second-order valence-electron chi connectivity index (χ2n) is 5.33. The van der Waals surface area contributed by atoms with Gasteiger partial charge in [0, 0.05) is 17.8 Å². The zero-order valence-electron chi connectivity index (χ0n) is 13.1. The smallest absolute Gasteiger partial charge is 0.122 e. The molecule has 2 rings (SSSR count). The van der Waals surface area contributed by atoms with E-state index < -0.39 is 0 Å². The quantitative estimate of drug-likeness (QED) is 0.843. The third kappa shape index (κ3) is 4.05. The second-order valence-corrected chi connectivity index (χ2v) is 6.49. The van der Waals surface area contributed by atoms with Crippen molar-refractivity contribution in [3.63, 3.8) is 0 Å². The first-order chi connectivity index (χ1) is 10.2. The van der Waals surface area contributed by atoms with E-state index in [4.69, 9.17) is 10.5 Å². The topological polar surface area (TPSA) is 48.1 Å². The van der Waals surface area contributed by atoms with Gasteiger partial charge in [-0.3, -0.25) is 0 Å². The Balaban J connectivity index is 1.97. The predicted molar refractivity (Wildman–Crippen MR) is 89.1 cm³/mol. The molecule has 1 aromatic heterocycles. The number of nitrogens with two attached hydrogens (primary N) is 1. The lowest BCUT2D eigenvalue weighted by Crippen LogP contribution is -2.04. The molecule has 114 valence electrons. The summed E-state index contributed by atoms with van der Waals surface area (Å²) in [5, 5.41) is 1.12. The molecule has 0 saturated heterocycles. The van der Waals surface area contributed by atoms with E-state index in [1.54, 1.807) is 11.3 Å². The zero-order chi connectivity index (χ0) is 15.2. The highest BCUT2D eigenvalue weighted by Crippen LogP contribution is 2.26. The van der Waals surface area contributed by atoms with Crippen molar-refractivity contribution in [1.82, 2.24) is 4.98 Å². The number of thiazole rings is 1. The lowest BCUT2D eigenvalue weighted by atomic mass is 10.0. The molecule has 0 radical (unpaired) electrons. The third-order valence-corrected chi connectivity index (χ3v) is 4.64. The highest BCUT2D eigenvalue weighted by atomic mass is 32.1. The number of benzene rings is 1. The van der Waals surface area contributed by atoms with Crippen LogP contribution in [0.15, 0.2) is 24.3 Å². The van der Waals surface area contributed by atoms with Gasteiger partial charge in [-0.1, -0.05) is 39.0 Å². The molecule has 0 saturated carbocycles. The molecule has 4 heteroatoms. The number of rotatable bonds is 7. The highest BCUT2D eigenvalue weighted by molar-refractivity contribution is 7.11. The number of nitrogens with zero attached hydrogens (tertiary/aromatic N) is 1. The van der Waals surface area contributed by atoms with Gasteiger partial charge in [-0.2, -0.15) is 0 Å². The van der Waals surface area contributed by atoms with Crippen molar-refractivity contribution < 1.29 is 4.74 Å². The van der Waals surface area contributed by atoms with Crippen molar-refractivity contribution in [1.29, 1.82) is 0 Å². The summed E-state index contributed by atoms with van der Waals surface area (Å²) in [4.78, 5) is 5.85. The van der Waals surface area contributed by atoms with E-state index >= 15 is 0 Å². The van der Waals surface area contributed by atoms with Gasteiger partial charge in [-0.15, -0.1) is 11.3 Å². The van der Waals surface area contributed by atoms with Gasteiger partial charge < -0.3 is 10.5 Å². The van der Waals surface area contributed by atoms with Crippen molar-refractivity contribution >= 4 is 11.3 Å². The van der Waals surface area contributed by atoms with E-state index in [-0.39, 0.29) is 0 Å². The number of aryl methyl sites for hydroxylation is 1. The Kier molecular flexibility index (Phi) is 5.76. The van der Waals surface area contributed by atoms with Gasteiger partial charge in [-0.05, 0) is 24.0 Å². The molecule has 2 N–H and O–H groups in total. The van der Waals surface area contributed by atoms with Gasteiger partial charge in [0.1, 0.15) is 5.75 Å². The Bertz CT molecular complexity index is 556. The molecule has 3 nitrogen and oxygen atoms in total. The molecule has 0 spiro atoms. The van der Waals surface area contributed by atoms with E-state index in [1.165, 1.54) is 10.4 Å². The Labute approximate surface area is 131 Å². The molecule has 0 atom stereocenters. The Morgan fingerprint density at radius 1 is 1.29 bits per heavy atom. The fourth-order valence-electron chi connectivity index (χ4n) is 2.32. The molecule has 0 aliphatic rings. The third-order valence-electron chi connectivity index (χ3n) is 3.46. The fourth-order valence-corrected chi connectivity index (χ4v) is 3.33. The molecule has 2 aromatic rings. The molecule has 0 amide bonds. The minimum absolute atomic E-state index is 0.469. The molecule has 0 aliphatic heterocycles. The van der Waals surface area contributed by atoms with Crippen molar-refractivity contribution in [2.45, 2.75) is 46.1 Å². The van der Waals surface area contributed by atoms with E-state index in [0.29, 0.717) is 19.1 Å². The first-order valence-corrected chi connectivity index (χ1v) is 8.36. The normalized spacial score (nSPS) is 11.1. The van der Waals surface area contributed by atoms with Crippen LogP contribution >= 0.6 is 11.3 Å². The molecular formula is C17H24N2OS. The van der Waals surface area contributed by atoms with Crippen LogP contribution < -0.4 is 10.5 Å². The van der Waals surface area contributed by atoms with E-state index in [9.17, 15) is 0 Å². The van der Waals surface area contributed by atoms with Crippen LogP contribution in [-0.2, 0) is 19.4 Å². The minimum Gasteiger partial charge on any atom is -0.493 e. The van der Waals surface area contributed by atoms with E-state index in [1.807, 2.05) is 12.1 Å². The largest absolute Gasteiger partial charge is 0.493 e. The van der Waals surface area contributed by atoms with Gasteiger partial charge in [0.25, 0.3) is 0 Å². The van der Waals surface area contributed by atoms with Crippen LogP contribution in [0.1, 0.15) is 47.8 Å². The fraction of sp³-hybridized carbons (Fsp3) is 0.471. The average Bonchev–Trinajstić information content (AvgIpc) is 2.90. The monoisotopic (exact) mass is 304 g/mol. The molecular weight excluding hydrogens is 280 g/mol. The second kappa shape index (κ2) is 7.57. The summed E-state index contributed by atoms with van der Waals surface area (Å²) < 4.78 is 5.95. The summed E-state index contributed by atoms with van der Waals surface area (Å²) in [6.45, 7) is 7.73. The van der Waals surface area contributed by atoms with Crippen LogP contribution in [0.3, 0.4) is 0 Å². The van der Waals surface area contributed by atoms with Gasteiger partial charge >= 0.3 is 0 Å². The zero-order valence-corrected chi connectivity index (χ0v) is 13.9. The van der Waals surface area contributed by atoms with Crippen molar-refractivity contribution in [2.75, 3.05) is 6.61 Å². The lowest BCUT2D eigenvalue weighted by Gasteiger charge is -2.13. The maximum absolute atomic E-state index is 5.95. The number of para-hydroxylation sites is 1. The average molecular weight is 304 g/mol. The van der Waals surface area contributed by atoms with Gasteiger partial charge in [0.15, 0.2) is 0 Å². The summed E-state index contributed by atoms with van der Waals surface area (Å²) >= 11 is 1.71. The maximum Gasteiger partial charge on any atom is 0.122 e. The van der Waals surface area contributed by atoms with Gasteiger partial charge in [-0.25, -0.2) is 4.98 Å².